The van der Waals surface area contributed by atoms with E-state index in [0.29, 0.717) is 17.2 Å². The van der Waals surface area contributed by atoms with E-state index in [1.807, 2.05) is 30.3 Å². The van der Waals surface area contributed by atoms with Gasteiger partial charge in [-0.15, -0.1) is 0 Å². The number of methoxy groups -OCH3 is 3. The lowest BCUT2D eigenvalue weighted by Gasteiger charge is -2.14. The molecule has 0 saturated heterocycles. The molecule has 0 aliphatic heterocycles. The smallest absolute Gasteiger partial charge is 0.342 e. The van der Waals surface area contributed by atoms with Gasteiger partial charge in [0, 0.05) is 6.07 Å². The number of nitrogens with zero attached hydrogens (tertiary/aromatic N) is 2. The van der Waals surface area contributed by atoms with Crippen molar-refractivity contribution < 1.29 is 28.5 Å². The summed E-state index contributed by atoms with van der Waals surface area (Å²) in [6.45, 7) is 0. The normalized spacial score (nSPS) is 10.8. The van der Waals surface area contributed by atoms with Crippen LogP contribution in [0.25, 0.3) is 5.57 Å². The zero-order chi connectivity index (χ0) is 21.3. The van der Waals surface area contributed by atoms with Crippen molar-refractivity contribution in [1.82, 2.24) is 9.97 Å². The van der Waals surface area contributed by atoms with Gasteiger partial charge in [-0.2, -0.15) is 0 Å². The number of ether oxygens (including phenoxy) is 5. The molecular weight excluding hydrogens is 388 g/mol. The Kier molecular flexibility index (Phi) is 6.83. The van der Waals surface area contributed by atoms with Gasteiger partial charge < -0.3 is 23.7 Å². The van der Waals surface area contributed by atoms with Crippen LogP contribution in [0.4, 0.5) is 0 Å². The Morgan fingerprint density at radius 2 is 1.50 bits per heavy atom. The van der Waals surface area contributed by atoms with E-state index in [2.05, 4.69) is 9.97 Å². The Bertz CT molecular complexity index is 1040. The number of hydrogen-bond donors (Lipinski definition) is 0. The third kappa shape index (κ3) is 4.85. The van der Waals surface area contributed by atoms with E-state index in [1.54, 1.807) is 24.3 Å². The molecule has 0 atom stereocenters. The molecule has 3 aromatic rings. The Morgan fingerprint density at radius 1 is 0.833 bits per heavy atom. The number of hydrogen-bond acceptors (Lipinski definition) is 8. The average Bonchev–Trinajstić information content (AvgIpc) is 2.78. The molecule has 3 rings (SSSR count). The van der Waals surface area contributed by atoms with Gasteiger partial charge in [-0.05, 0) is 24.3 Å². The van der Waals surface area contributed by atoms with Crippen LogP contribution in [0.3, 0.4) is 0 Å². The van der Waals surface area contributed by atoms with Crippen LogP contribution in [0.5, 0.6) is 29.0 Å². The van der Waals surface area contributed by atoms with Gasteiger partial charge in [-0.3, -0.25) is 0 Å². The summed E-state index contributed by atoms with van der Waals surface area (Å²) in [6, 6.07) is 16.4. The number of aromatic nitrogens is 2. The number of carbonyl (C=O) groups is 1. The third-order valence-corrected chi connectivity index (χ3v) is 3.88. The Balaban J connectivity index is 1.96. The van der Waals surface area contributed by atoms with Crippen molar-refractivity contribution in [3.8, 4) is 29.0 Å². The van der Waals surface area contributed by atoms with Crippen molar-refractivity contribution in [2.45, 2.75) is 0 Å². The minimum atomic E-state index is -0.657. The molecule has 0 aliphatic rings. The average molecular weight is 408 g/mol. The molecule has 1 aromatic heterocycles. The lowest BCUT2D eigenvalue weighted by atomic mass is 10.1. The van der Waals surface area contributed by atoms with Crippen LogP contribution in [0.1, 0.15) is 5.56 Å². The summed E-state index contributed by atoms with van der Waals surface area (Å²) in [6.07, 6.45) is 2.48. The molecule has 0 spiro atoms. The van der Waals surface area contributed by atoms with Crippen molar-refractivity contribution in [2.75, 3.05) is 21.3 Å². The maximum atomic E-state index is 12.3. The lowest BCUT2D eigenvalue weighted by Crippen LogP contribution is -2.09. The fourth-order valence-electron chi connectivity index (χ4n) is 2.59. The Morgan fingerprint density at radius 3 is 2.17 bits per heavy atom. The van der Waals surface area contributed by atoms with Gasteiger partial charge in [0.2, 0.25) is 11.8 Å². The number of esters is 1. The van der Waals surface area contributed by atoms with E-state index in [9.17, 15) is 4.79 Å². The third-order valence-electron chi connectivity index (χ3n) is 3.88. The van der Waals surface area contributed by atoms with Gasteiger partial charge in [-0.25, -0.2) is 14.8 Å². The molecule has 0 N–H and O–H groups in total. The monoisotopic (exact) mass is 408 g/mol. The zero-order valence-corrected chi connectivity index (χ0v) is 16.7. The molecule has 154 valence electrons. The summed E-state index contributed by atoms with van der Waals surface area (Å²) in [5.74, 6) is 1.26. The second kappa shape index (κ2) is 9.92. The maximum absolute atomic E-state index is 12.3. The molecule has 30 heavy (non-hydrogen) atoms. The largest absolute Gasteiger partial charge is 0.503 e. The molecule has 8 heteroatoms. The Labute approximate surface area is 173 Å². The van der Waals surface area contributed by atoms with Gasteiger partial charge in [0.15, 0.2) is 0 Å². The first-order chi connectivity index (χ1) is 14.7. The number of carbonyl (C=O) groups excluding carboxylic acids is 1. The fourth-order valence-corrected chi connectivity index (χ4v) is 2.59. The van der Waals surface area contributed by atoms with Crippen LogP contribution in [0.2, 0.25) is 0 Å². The van der Waals surface area contributed by atoms with Crippen LogP contribution < -0.4 is 14.2 Å². The maximum Gasteiger partial charge on any atom is 0.342 e. The van der Waals surface area contributed by atoms with Gasteiger partial charge >= 0.3 is 5.97 Å². The predicted molar refractivity (Wildman–Crippen MR) is 109 cm³/mol. The first-order valence-corrected chi connectivity index (χ1v) is 8.87. The highest BCUT2D eigenvalue weighted by atomic mass is 16.5. The topological polar surface area (TPSA) is 89.0 Å². The molecule has 0 unspecified atom stereocenters. The first-order valence-electron chi connectivity index (χ1n) is 8.87. The highest BCUT2D eigenvalue weighted by Crippen LogP contribution is 2.36. The summed E-state index contributed by atoms with van der Waals surface area (Å²) in [5.41, 5.74) is 0.243. The van der Waals surface area contributed by atoms with Crippen molar-refractivity contribution in [1.29, 1.82) is 0 Å². The van der Waals surface area contributed by atoms with Gasteiger partial charge in [0.25, 0.3) is 0 Å². The zero-order valence-electron chi connectivity index (χ0n) is 16.7. The van der Waals surface area contributed by atoms with Crippen molar-refractivity contribution in [3.63, 3.8) is 0 Å². The van der Waals surface area contributed by atoms with E-state index < -0.39 is 5.97 Å². The van der Waals surface area contributed by atoms with Crippen molar-refractivity contribution in [3.05, 3.63) is 72.8 Å². The molecule has 0 amide bonds. The van der Waals surface area contributed by atoms with E-state index >= 15 is 0 Å². The quantitative estimate of drug-likeness (QED) is 0.311. The standard InChI is InChI=1S/C22H20N2O6/c1-26-13-18(22(25)28-3)19-20(27-2)23-14-24-21(19)30-17-11-7-10-16(12-17)29-15-8-5-4-6-9-15/h4-14H,1-3H3/b18-13-. The highest BCUT2D eigenvalue weighted by molar-refractivity contribution is 6.17. The summed E-state index contributed by atoms with van der Waals surface area (Å²) >= 11 is 0. The summed E-state index contributed by atoms with van der Waals surface area (Å²) in [5, 5.41) is 0. The molecule has 8 nitrogen and oxygen atoms in total. The second-order valence-electron chi connectivity index (χ2n) is 5.81. The van der Waals surface area contributed by atoms with Crippen LogP contribution in [-0.4, -0.2) is 37.3 Å². The molecule has 2 aromatic carbocycles. The van der Waals surface area contributed by atoms with Crippen LogP contribution >= 0.6 is 0 Å². The molecule has 0 saturated carbocycles. The van der Waals surface area contributed by atoms with Crippen molar-refractivity contribution in [2.24, 2.45) is 0 Å². The van der Waals surface area contributed by atoms with Crippen LogP contribution in [0.15, 0.2) is 67.2 Å². The first kappa shape index (κ1) is 20.7. The second-order valence-corrected chi connectivity index (χ2v) is 5.81. The van der Waals surface area contributed by atoms with Crippen LogP contribution in [-0.2, 0) is 14.3 Å². The van der Waals surface area contributed by atoms with Crippen molar-refractivity contribution >= 4 is 11.5 Å². The van der Waals surface area contributed by atoms with Gasteiger partial charge in [0.1, 0.15) is 34.7 Å². The summed E-state index contributed by atoms with van der Waals surface area (Å²) in [4.78, 5) is 20.5. The summed E-state index contributed by atoms with van der Waals surface area (Å²) in [7, 11) is 4.09. The molecule has 0 aliphatic carbocycles. The van der Waals surface area contributed by atoms with E-state index in [0.717, 1.165) is 0 Å². The lowest BCUT2D eigenvalue weighted by molar-refractivity contribution is -0.133. The number of rotatable bonds is 8. The molecule has 0 fully saturated rings. The minimum absolute atomic E-state index is 0.0455. The van der Waals surface area contributed by atoms with Gasteiger partial charge in [0.05, 0.1) is 27.6 Å². The molecular formula is C22H20N2O6. The predicted octanol–water partition coefficient (Wildman–Crippen LogP) is 4.23. The summed E-state index contributed by atoms with van der Waals surface area (Å²) < 4.78 is 26.9. The highest BCUT2D eigenvalue weighted by Gasteiger charge is 2.25. The fraction of sp³-hybridized carbons (Fsp3) is 0.136. The Hall–Kier alpha value is -4.07. The van der Waals surface area contributed by atoms with Crippen LogP contribution in [0, 0.1) is 0 Å². The molecule has 0 bridgehead atoms. The van der Waals surface area contributed by atoms with E-state index in [1.165, 1.54) is 33.9 Å². The number of para-hydroxylation sites is 1. The van der Waals surface area contributed by atoms with E-state index in [4.69, 9.17) is 23.7 Å². The number of benzene rings is 2. The molecule has 0 radical (unpaired) electrons. The molecule has 1 heterocycles. The minimum Gasteiger partial charge on any atom is -0.503 e. The van der Waals surface area contributed by atoms with Gasteiger partial charge in [-0.1, -0.05) is 24.3 Å². The SMILES string of the molecule is CO/C=C(\C(=O)OC)c1c(OC)ncnc1Oc1cccc(Oc2ccccc2)c1. The van der Waals surface area contributed by atoms with E-state index in [-0.39, 0.29) is 22.9 Å².